The molecule has 0 amide bonds. The lowest BCUT2D eigenvalue weighted by atomic mass is 10.0. The second-order valence-electron chi connectivity index (χ2n) is 4.57. The quantitative estimate of drug-likeness (QED) is 0.727. The predicted octanol–water partition coefficient (Wildman–Crippen LogP) is 2.98. The zero-order valence-corrected chi connectivity index (χ0v) is 12.3. The maximum Gasteiger partial charge on any atom is 0.278 e. The van der Waals surface area contributed by atoms with Gasteiger partial charge >= 0.3 is 0 Å². The van der Waals surface area contributed by atoms with Gasteiger partial charge in [0.15, 0.2) is 5.75 Å². The fourth-order valence-electron chi connectivity index (χ4n) is 2.41. The highest BCUT2D eigenvalue weighted by Crippen LogP contribution is 2.37. The molecule has 0 saturated heterocycles. The van der Waals surface area contributed by atoms with E-state index < -0.39 is 0 Å². The summed E-state index contributed by atoms with van der Waals surface area (Å²) < 4.78 is 7.93. The Hall–Kier alpha value is -2.14. The molecule has 2 aromatic heterocycles. The molecule has 0 N–H and O–H groups in total. The highest BCUT2D eigenvalue weighted by molar-refractivity contribution is 7.17. The maximum atomic E-state index is 12.5. The zero-order chi connectivity index (χ0) is 14.3. The van der Waals surface area contributed by atoms with Gasteiger partial charge in [-0.2, -0.15) is 5.10 Å². The van der Waals surface area contributed by atoms with Crippen LogP contribution in [0.5, 0.6) is 5.75 Å². The number of aryl methyl sites for hydroxylation is 2. The molecule has 0 spiro atoms. The van der Waals surface area contributed by atoms with E-state index >= 15 is 0 Å². The Morgan fingerprint density at radius 1 is 1.30 bits per heavy atom. The molecule has 4 nitrogen and oxygen atoms in total. The van der Waals surface area contributed by atoms with Crippen molar-refractivity contribution in [3.63, 3.8) is 0 Å². The highest BCUT2D eigenvalue weighted by Gasteiger charge is 2.19. The summed E-state index contributed by atoms with van der Waals surface area (Å²) in [4.78, 5) is 12.5. The Balaban J connectivity index is 2.43. The Bertz CT molecular complexity index is 849. The summed E-state index contributed by atoms with van der Waals surface area (Å²) in [5.41, 5.74) is 2.06. The minimum atomic E-state index is -0.143. The molecule has 2 heterocycles. The summed E-state index contributed by atoms with van der Waals surface area (Å²) in [5.74, 6) is 0.552. The van der Waals surface area contributed by atoms with Crippen LogP contribution in [0.4, 0.5) is 0 Å². The molecule has 0 saturated carbocycles. The molecule has 0 atom stereocenters. The second-order valence-corrected chi connectivity index (χ2v) is 5.48. The summed E-state index contributed by atoms with van der Waals surface area (Å²) >= 11 is 1.62. The molecular weight excluding hydrogens is 272 g/mol. The van der Waals surface area contributed by atoms with Gasteiger partial charge in [-0.15, -0.1) is 11.3 Å². The smallest absolute Gasteiger partial charge is 0.278 e. The molecule has 0 bridgehead atoms. The largest absolute Gasteiger partial charge is 0.494 e. The fourth-order valence-corrected chi connectivity index (χ4v) is 3.37. The molecule has 0 fully saturated rings. The molecule has 20 heavy (non-hydrogen) atoms. The molecule has 3 rings (SSSR count). The van der Waals surface area contributed by atoms with Crippen LogP contribution < -0.4 is 10.3 Å². The van der Waals surface area contributed by atoms with Gasteiger partial charge in [0.05, 0.1) is 12.7 Å². The highest BCUT2D eigenvalue weighted by atomic mass is 32.1. The van der Waals surface area contributed by atoms with Crippen LogP contribution in [0.25, 0.3) is 21.2 Å². The second kappa shape index (κ2) is 4.76. The van der Waals surface area contributed by atoms with Crippen molar-refractivity contribution in [2.75, 3.05) is 7.11 Å². The van der Waals surface area contributed by atoms with E-state index in [1.165, 1.54) is 4.68 Å². The van der Waals surface area contributed by atoms with Crippen molar-refractivity contribution >= 4 is 21.4 Å². The van der Waals surface area contributed by atoms with Crippen molar-refractivity contribution in [1.29, 1.82) is 0 Å². The van der Waals surface area contributed by atoms with Crippen molar-refractivity contribution in [1.82, 2.24) is 9.78 Å². The molecule has 0 aliphatic heterocycles. The molecule has 1 aromatic carbocycles. The summed E-state index contributed by atoms with van der Waals surface area (Å²) in [5, 5.41) is 7.25. The lowest BCUT2D eigenvalue weighted by molar-refractivity contribution is 0.405. The van der Waals surface area contributed by atoms with E-state index in [2.05, 4.69) is 11.2 Å². The van der Waals surface area contributed by atoms with Gasteiger partial charge in [-0.3, -0.25) is 4.79 Å². The number of methoxy groups -OCH3 is 1. The van der Waals surface area contributed by atoms with Crippen molar-refractivity contribution in [3.05, 3.63) is 45.7 Å². The van der Waals surface area contributed by atoms with Crippen molar-refractivity contribution in [2.45, 2.75) is 6.92 Å². The van der Waals surface area contributed by atoms with Crippen molar-refractivity contribution < 1.29 is 4.74 Å². The number of thiophene rings is 1. The predicted molar refractivity (Wildman–Crippen MR) is 81.6 cm³/mol. The average molecular weight is 286 g/mol. The van der Waals surface area contributed by atoms with Crippen LogP contribution in [0.2, 0.25) is 0 Å². The van der Waals surface area contributed by atoms with Crippen LogP contribution >= 0.6 is 11.3 Å². The SMILES string of the molecule is COc1c(C)nn(C)c(=O)c1-c1csc2ccccc12. The van der Waals surface area contributed by atoms with Crippen LogP contribution in [0.3, 0.4) is 0 Å². The average Bonchev–Trinajstić information content (AvgIpc) is 2.86. The molecule has 0 unspecified atom stereocenters. The molecule has 102 valence electrons. The lowest BCUT2D eigenvalue weighted by Crippen LogP contribution is -2.23. The van der Waals surface area contributed by atoms with Gasteiger partial charge in [-0.1, -0.05) is 18.2 Å². The lowest BCUT2D eigenvalue weighted by Gasteiger charge is -2.11. The Morgan fingerprint density at radius 3 is 2.80 bits per heavy atom. The van der Waals surface area contributed by atoms with Gasteiger partial charge < -0.3 is 4.74 Å². The first-order valence-corrected chi connectivity index (χ1v) is 7.10. The van der Waals surface area contributed by atoms with Crippen LogP contribution in [0.15, 0.2) is 34.4 Å². The van der Waals surface area contributed by atoms with Gasteiger partial charge in [-0.25, -0.2) is 4.68 Å². The van der Waals surface area contributed by atoms with E-state index in [0.717, 1.165) is 15.6 Å². The van der Waals surface area contributed by atoms with Crippen LogP contribution in [-0.4, -0.2) is 16.9 Å². The number of hydrogen-bond donors (Lipinski definition) is 0. The number of hydrogen-bond acceptors (Lipinski definition) is 4. The van der Waals surface area contributed by atoms with Crippen LogP contribution in [0, 0.1) is 6.92 Å². The Morgan fingerprint density at radius 2 is 2.05 bits per heavy atom. The monoisotopic (exact) mass is 286 g/mol. The van der Waals surface area contributed by atoms with E-state index in [4.69, 9.17) is 4.74 Å². The van der Waals surface area contributed by atoms with Gasteiger partial charge in [0.2, 0.25) is 0 Å². The topological polar surface area (TPSA) is 44.1 Å². The third-order valence-corrected chi connectivity index (χ3v) is 4.28. The van der Waals surface area contributed by atoms with Gasteiger partial charge in [-0.05, 0) is 13.0 Å². The van der Waals surface area contributed by atoms with Crippen molar-refractivity contribution in [3.8, 4) is 16.9 Å². The minimum Gasteiger partial charge on any atom is -0.494 e. The Labute approximate surface area is 120 Å². The van der Waals surface area contributed by atoms with Crippen LogP contribution in [-0.2, 0) is 7.05 Å². The number of nitrogens with zero attached hydrogens (tertiary/aromatic N) is 2. The molecule has 0 aliphatic carbocycles. The molecule has 3 aromatic rings. The minimum absolute atomic E-state index is 0.143. The molecule has 0 radical (unpaired) electrons. The third kappa shape index (κ3) is 1.82. The van der Waals surface area contributed by atoms with Crippen molar-refractivity contribution in [2.24, 2.45) is 7.05 Å². The normalized spacial score (nSPS) is 10.9. The van der Waals surface area contributed by atoms with E-state index in [0.29, 0.717) is 17.0 Å². The first-order chi connectivity index (χ1) is 9.63. The van der Waals surface area contributed by atoms with E-state index in [9.17, 15) is 4.79 Å². The summed E-state index contributed by atoms with van der Waals surface area (Å²) in [6.45, 7) is 1.84. The third-order valence-electron chi connectivity index (χ3n) is 3.32. The molecule has 5 heteroatoms. The van der Waals surface area contributed by atoms with Crippen LogP contribution in [0.1, 0.15) is 5.69 Å². The van der Waals surface area contributed by atoms with E-state index in [1.54, 1.807) is 25.5 Å². The summed E-state index contributed by atoms with van der Waals surface area (Å²) in [6, 6.07) is 8.05. The molecule has 0 aliphatic rings. The first-order valence-electron chi connectivity index (χ1n) is 6.22. The van der Waals surface area contributed by atoms with E-state index in [-0.39, 0.29) is 5.56 Å². The molecular formula is C15H14N2O2S. The van der Waals surface area contributed by atoms with E-state index in [1.807, 2.05) is 30.5 Å². The van der Waals surface area contributed by atoms with Gasteiger partial charge in [0, 0.05) is 28.1 Å². The number of aromatic nitrogens is 2. The summed E-state index contributed by atoms with van der Waals surface area (Å²) in [7, 11) is 3.23. The van der Waals surface area contributed by atoms with Gasteiger partial charge in [0.1, 0.15) is 5.69 Å². The number of ether oxygens (including phenoxy) is 1. The number of rotatable bonds is 2. The fraction of sp³-hybridized carbons (Fsp3) is 0.200. The first kappa shape index (κ1) is 12.9. The summed E-state index contributed by atoms with van der Waals surface area (Å²) in [6.07, 6.45) is 0. The number of benzene rings is 1. The standard InChI is InChI=1S/C15H14N2O2S/c1-9-14(19-3)13(15(18)17(2)16-9)11-8-20-12-7-5-4-6-10(11)12/h4-8H,1-3H3. The number of fused-ring (bicyclic) bond motifs is 1. The van der Waals surface area contributed by atoms with Gasteiger partial charge in [0.25, 0.3) is 5.56 Å². The maximum absolute atomic E-state index is 12.5. The zero-order valence-electron chi connectivity index (χ0n) is 11.5. The Kier molecular flexibility index (Phi) is 3.06.